The third-order valence-electron chi connectivity index (χ3n) is 1.10. The number of hydrogen-bond donors (Lipinski definition) is 3. The van der Waals surface area contributed by atoms with E-state index in [0.29, 0.717) is 37.6 Å². The van der Waals surface area contributed by atoms with Gasteiger partial charge in [-0.25, -0.2) is 0 Å². The van der Waals surface area contributed by atoms with E-state index in [1.807, 2.05) is 41.5 Å². The summed E-state index contributed by atoms with van der Waals surface area (Å²) in [5.41, 5.74) is 0. The van der Waals surface area contributed by atoms with Crippen LogP contribution < -0.4 is 0 Å². The van der Waals surface area contributed by atoms with Crippen molar-refractivity contribution in [3.63, 3.8) is 0 Å². The molecule has 0 heterocycles. The molecule has 0 bridgehead atoms. The molecule has 0 atom stereocenters. The summed E-state index contributed by atoms with van der Waals surface area (Å²) >= 11 is 0. The van der Waals surface area contributed by atoms with Crippen molar-refractivity contribution in [1.29, 1.82) is 0 Å². The zero-order valence-electron chi connectivity index (χ0n) is 11.9. The van der Waals surface area contributed by atoms with Gasteiger partial charge in [-0.15, -0.1) is 0 Å². The molecule has 0 spiro atoms. The molecule has 0 saturated heterocycles. The van der Waals surface area contributed by atoms with Crippen molar-refractivity contribution in [1.82, 2.24) is 0 Å². The minimum atomic E-state index is 0. The molecule has 0 saturated carbocycles. The van der Waals surface area contributed by atoms with Crippen LogP contribution in [0.4, 0.5) is 0 Å². The monoisotopic (exact) mass is 346 g/mol. The third-order valence-corrected chi connectivity index (χ3v) is 1.10. The van der Waals surface area contributed by atoms with E-state index in [9.17, 15) is 0 Å². The molecule has 16 heavy (non-hydrogen) atoms. The van der Waals surface area contributed by atoms with Gasteiger partial charge in [-0.2, -0.15) is 0 Å². The maximum absolute atomic E-state index is 8.14. The zero-order chi connectivity index (χ0) is 12.9. The predicted molar refractivity (Wildman–Crippen MR) is 75.7 cm³/mol. The van der Waals surface area contributed by atoms with Gasteiger partial charge in [0.2, 0.25) is 0 Å². The Balaban J connectivity index is -0.0000000655. The van der Waals surface area contributed by atoms with Crippen molar-refractivity contribution in [2.75, 3.05) is 19.8 Å². The quantitative estimate of drug-likeness (QED) is 0.660. The van der Waals surface area contributed by atoms with Crippen molar-refractivity contribution in [3.8, 4) is 0 Å². The fraction of sp³-hybridized carbons (Fsp3) is 1.00. The summed E-state index contributed by atoms with van der Waals surface area (Å²) in [6, 6.07) is 0. The molecule has 3 N–H and O–H groups in total. The summed E-state index contributed by atoms with van der Waals surface area (Å²) in [5, 5.41) is 24.4. The molecule has 104 valence electrons. The van der Waals surface area contributed by atoms with Crippen molar-refractivity contribution >= 4 is 24.4 Å². The summed E-state index contributed by atoms with van der Waals surface area (Å²) < 4.78 is 0. The Morgan fingerprint density at radius 1 is 0.562 bits per heavy atom. The molecule has 0 unspecified atom stereocenters. The maximum atomic E-state index is 8.14. The predicted octanol–water partition coefficient (Wildman–Crippen LogP) is 0.720. The van der Waals surface area contributed by atoms with Crippen LogP contribution in [-0.2, 0) is 0 Å². The van der Waals surface area contributed by atoms with Crippen molar-refractivity contribution in [2.24, 2.45) is 17.8 Å². The van der Waals surface area contributed by atoms with Gasteiger partial charge in [0.25, 0.3) is 0 Å². The van der Waals surface area contributed by atoms with Crippen LogP contribution in [-0.4, -0.2) is 59.6 Å². The first-order valence-corrected chi connectivity index (χ1v) is 5.64. The molecule has 0 aromatic rings. The Kier molecular flexibility index (Phi) is 33.5. The summed E-state index contributed by atoms with van der Waals surface area (Å²) in [6.07, 6.45) is 0. The van der Waals surface area contributed by atoms with Crippen LogP contribution in [0.25, 0.3) is 0 Å². The number of hydrogen-bond acceptors (Lipinski definition) is 3. The van der Waals surface area contributed by atoms with Crippen LogP contribution >= 0.6 is 0 Å². The molecule has 0 aliphatic carbocycles. The van der Waals surface area contributed by atoms with E-state index in [1.54, 1.807) is 0 Å². The second-order valence-corrected chi connectivity index (χ2v) is 4.73. The molecular formula is C12H33O3Sb. The van der Waals surface area contributed by atoms with Gasteiger partial charge in [0, 0.05) is 19.8 Å². The van der Waals surface area contributed by atoms with E-state index in [1.165, 1.54) is 0 Å². The number of rotatable bonds is 3. The Bertz CT molecular complexity index is 77.2. The Morgan fingerprint density at radius 3 is 0.625 bits per heavy atom. The molecule has 0 rings (SSSR count). The van der Waals surface area contributed by atoms with Crippen LogP contribution in [0, 0.1) is 17.8 Å². The molecule has 0 radical (unpaired) electrons. The van der Waals surface area contributed by atoms with Crippen LogP contribution in [0.2, 0.25) is 0 Å². The van der Waals surface area contributed by atoms with Crippen molar-refractivity contribution in [3.05, 3.63) is 0 Å². The fourth-order valence-corrected chi connectivity index (χ4v) is 0. The Labute approximate surface area is 119 Å². The van der Waals surface area contributed by atoms with Crippen molar-refractivity contribution in [2.45, 2.75) is 41.5 Å². The van der Waals surface area contributed by atoms with Crippen molar-refractivity contribution < 1.29 is 15.3 Å². The van der Waals surface area contributed by atoms with Crippen LogP contribution in [0.1, 0.15) is 41.5 Å². The van der Waals surface area contributed by atoms with Gasteiger partial charge in [0.1, 0.15) is 0 Å². The first kappa shape index (κ1) is 25.5. The second-order valence-electron chi connectivity index (χ2n) is 4.73. The molecule has 0 aromatic carbocycles. The minimum absolute atomic E-state index is 0. The molecule has 0 aromatic heterocycles. The molecule has 0 fully saturated rings. The number of aliphatic hydroxyl groups excluding tert-OH is 3. The normalized spacial score (nSPS) is 9.00. The summed E-state index contributed by atoms with van der Waals surface area (Å²) in [5.74, 6) is 1.32. The van der Waals surface area contributed by atoms with Gasteiger partial charge >= 0.3 is 24.4 Å². The fourth-order valence-electron chi connectivity index (χ4n) is 0. The van der Waals surface area contributed by atoms with E-state index in [0.717, 1.165) is 0 Å². The van der Waals surface area contributed by atoms with Gasteiger partial charge < -0.3 is 15.3 Å². The van der Waals surface area contributed by atoms with E-state index >= 15 is 0 Å². The topological polar surface area (TPSA) is 60.7 Å². The van der Waals surface area contributed by atoms with Gasteiger partial charge in [-0.05, 0) is 17.8 Å². The third kappa shape index (κ3) is 61.5. The first-order valence-electron chi connectivity index (χ1n) is 5.64. The molecular weight excluding hydrogens is 314 g/mol. The SMILES string of the molecule is CC(C)CO.CC(C)CO.CC(C)CO.[SbH3]. The summed E-state index contributed by atoms with van der Waals surface area (Å²) in [4.78, 5) is 0. The van der Waals surface area contributed by atoms with Gasteiger partial charge in [-0.3, -0.25) is 0 Å². The average molecular weight is 347 g/mol. The first-order chi connectivity index (χ1) is 6.81. The molecule has 4 heteroatoms. The zero-order valence-corrected chi connectivity index (χ0v) is 15.9. The molecule has 3 nitrogen and oxygen atoms in total. The average Bonchev–Trinajstić information content (AvgIpc) is 2.19. The Hall–Kier alpha value is 0.698. The number of aliphatic hydroxyl groups is 3. The van der Waals surface area contributed by atoms with Gasteiger partial charge in [0.15, 0.2) is 0 Å². The standard InChI is InChI=1S/3C4H10O.Sb.3H/c3*1-4(2)3-5;;;;/h3*4-5H,3H2,1-2H3;;;;. The summed E-state index contributed by atoms with van der Waals surface area (Å²) in [7, 11) is 0. The molecule has 0 aliphatic heterocycles. The molecule has 0 amide bonds. The Morgan fingerprint density at radius 2 is 0.625 bits per heavy atom. The van der Waals surface area contributed by atoms with Gasteiger partial charge in [0.05, 0.1) is 0 Å². The van der Waals surface area contributed by atoms with Crippen LogP contribution in [0.15, 0.2) is 0 Å². The van der Waals surface area contributed by atoms with E-state index in [2.05, 4.69) is 0 Å². The van der Waals surface area contributed by atoms with Crippen LogP contribution in [0.5, 0.6) is 0 Å². The van der Waals surface area contributed by atoms with E-state index in [4.69, 9.17) is 15.3 Å². The second kappa shape index (κ2) is 21.0. The van der Waals surface area contributed by atoms with Gasteiger partial charge in [-0.1, -0.05) is 41.5 Å². The van der Waals surface area contributed by atoms with Crippen LogP contribution in [0.3, 0.4) is 0 Å². The summed E-state index contributed by atoms with van der Waals surface area (Å²) in [6.45, 7) is 12.7. The molecule has 0 aliphatic rings. The van der Waals surface area contributed by atoms with E-state index in [-0.39, 0.29) is 24.4 Å². The van der Waals surface area contributed by atoms with E-state index < -0.39 is 0 Å².